The van der Waals surface area contributed by atoms with Crippen LogP contribution < -0.4 is 10.5 Å². The topological polar surface area (TPSA) is 72.2 Å². The lowest BCUT2D eigenvalue weighted by Gasteiger charge is -2.10. The van der Waals surface area contributed by atoms with Gasteiger partial charge in [0.25, 0.3) is 0 Å². The standard InChI is InChI=1S/C13H20N2O2S3/c1-10(19-2)7-8-15-20(16,17)12-5-3-11(4-6-12)9-13(14)18/h3-6,10,15H,7-9H2,1-2H3,(H2,14,18). The van der Waals surface area contributed by atoms with E-state index >= 15 is 0 Å². The maximum absolute atomic E-state index is 12.1. The summed E-state index contributed by atoms with van der Waals surface area (Å²) in [6.45, 7) is 2.52. The van der Waals surface area contributed by atoms with Gasteiger partial charge in [-0.1, -0.05) is 31.3 Å². The molecule has 0 heterocycles. The van der Waals surface area contributed by atoms with Crippen molar-refractivity contribution in [1.82, 2.24) is 4.72 Å². The van der Waals surface area contributed by atoms with Crippen LogP contribution in [0.3, 0.4) is 0 Å². The van der Waals surface area contributed by atoms with Crippen molar-refractivity contribution in [3.63, 3.8) is 0 Å². The minimum atomic E-state index is -3.43. The van der Waals surface area contributed by atoms with Crippen molar-refractivity contribution in [2.24, 2.45) is 5.73 Å². The summed E-state index contributed by atoms with van der Waals surface area (Å²) in [6, 6.07) is 6.62. The van der Waals surface area contributed by atoms with Gasteiger partial charge in [-0.2, -0.15) is 11.8 Å². The Hall–Kier alpha value is -0.630. The summed E-state index contributed by atoms with van der Waals surface area (Å²) < 4.78 is 26.7. The first-order chi connectivity index (χ1) is 9.35. The number of hydrogen-bond donors (Lipinski definition) is 2. The Labute approximate surface area is 130 Å². The van der Waals surface area contributed by atoms with E-state index in [1.54, 1.807) is 36.0 Å². The Morgan fingerprint density at radius 1 is 1.40 bits per heavy atom. The van der Waals surface area contributed by atoms with E-state index in [9.17, 15) is 8.42 Å². The molecule has 1 aromatic carbocycles. The molecule has 0 saturated heterocycles. The third-order valence-electron chi connectivity index (χ3n) is 2.86. The van der Waals surface area contributed by atoms with Gasteiger partial charge in [0.15, 0.2) is 0 Å². The molecule has 0 saturated carbocycles. The smallest absolute Gasteiger partial charge is 0.240 e. The molecule has 1 aromatic rings. The number of sulfonamides is 1. The average molecular weight is 333 g/mol. The van der Waals surface area contributed by atoms with Crippen molar-refractivity contribution in [2.45, 2.75) is 29.9 Å². The van der Waals surface area contributed by atoms with Gasteiger partial charge in [0.05, 0.1) is 9.88 Å². The number of benzene rings is 1. The molecule has 4 nitrogen and oxygen atoms in total. The van der Waals surface area contributed by atoms with E-state index in [2.05, 4.69) is 11.6 Å². The van der Waals surface area contributed by atoms with E-state index in [1.165, 1.54) is 0 Å². The Kier molecular flexibility index (Phi) is 6.94. The monoisotopic (exact) mass is 332 g/mol. The molecule has 0 radical (unpaired) electrons. The van der Waals surface area contributed by atoms with Crippen LogP contribution in [0.25, 0.3) is 0 Å². The van der Waals surface area contributed by atoms with E-state index < -0.39 is 10.0 Å². The summed E-state index contributed by atoms with van der Waals surface area (Å²) in [5.41, 5.74) is 6.36. The average Bonchev–Trinajstić information content (AvgIpc) is 2.38. The zero-order valence-electron chi connectivity index (χ0n) is 11.6. The summed E-state index contributed by atoms with van der Waals surface area (Å²) in [5, 5.41) is 0.436. The predicted octanol–water partition coefficient (Wildman–Crippen LogP) is 1.94. The second-order valence-corrected chi connectivity index (χ2v) is 8.09. The van der Waals surface area contributed by atoms with Crippen molar-refractivity contribution in [3.05, 3.63) is 29.8 Å². The number of thiocarbonyl (C=S) groups is 1. The molecule has 0 fully saturated rings. The van der Waals surface area contributed by atoms with Crippen molar-refractivity contribution in [3.8, 4) is 0 Å². The largest absolute Gasteiger partial charge is 0.393 e. The molecule has 0 aromatic heterocycles. The minimum absolute atomic E-state index is 0.265. The summed E-state index contributed by atoms with van der Waals surface area (Å²) in [4.78, 5) is 0.658. The SMILES string of the molecule is CSC(C)CCNS(=O)(=O)c1ccc(CC(N)=S)cc1. The first kappa shape index (κ1) is 17.4. The molecule has 1 unspecified atom stereocenters. The minimum Gasteiger partial charge on any atom is -0.393 e. The Balaban J connectivity index is 2.65. The maximum Gasteiger partial charge on any atom is 0.240 e. The number of nitrogens with two attached hydrogens (primary N) is 1. The van der Waals surface area contributed by atoms with Gasteiger partial charge in [0, 0.05) is 18.2 Å². The van der Waals surface area contributed by atoms with Crippen molar-refractivity contribution >= 4 is 39.0 Å². The number of rotatable bonds is 8. The Morgan fingerprint density at radius 3 is 2.50 bits per heavy atom. The van der Waals surface area contributed by atoms with Crippen LogP contribution in [0.5, 0.6) is 0 Å². The fraction of sp³-hybridized carbons (Fsp3) is 0.462. The molecule has 3 N–H and O–H groups in total. The molecule has 0 bridgehead atoms. The zero-order valence-corrected chi connectivity index (χ0v) is 14.1. The molecule has 0 spiro atoms. The number of hydrogen-bond acceptors (Lipinski definition) is 4. The fourth-order valence-corrected chi connectivity index (χ4v) is 3.15. The summed E-state index contributed by atoms with van der Waals surface area (Å²) in [6.07, 6.45) is 3.30. The lowest BCUT2D eigenvalue weighted by atomic mass is 10.1. The lowest BCUT2D eigenvalue weighted by Crippen LogP contribution is -2.26. The lowest BCUT2D eigenvalue weighted by molar-refractivity contribution is 0.579. The molecular formula is C13H20N2O2S3. The van der Waals surface area contributed by atoms with Crippen LogP contribution in [0.15, 0.2) is 29.2 Å². The van der Waals surface area contributed by atoms with Gasteiger partial charge in [-0.15, -0.1) is 0 Å². The third-order valence-corrected chi connectivity index (χ3v) is 5.52. The van der Waals surface area contributed by atoms with Crippen LogP contribution in [-0.4, -0.2) is 31.5 Å². The zero-order chi connectivity index (χ0) is 15.2. The molecule has 0 amide bonds. The van der Waals surface area contributed by atoms with Gasteiger partial charge in [-0.3, -0.25) is 0 Å². The highest BCUT2D eigenvalue weighted by Crippen LogP contribution is 2.12. The van der Waals surface area contributed by atoms with Gasteiger partial charge in [0.2, 0.25) is 10.0 Å². The molecule has 0 aliphatic heterocycles. The first-order valence-corrected chi connectivity index (χ1v) is 9.43. The summed E-state index contributed by atoms with van der Waals surface area (Å²) >= 11 is 6.54. The van der Waals surface area contributed by atoms with Crippen molar-refractivity contribution < 1.29 is 8.42 Å². The third kappa shape index (κ3) is 5.78. The molecule has 20 heavy (non-hydrogen) atoms. The normalized spacial score (nSPS) is 13.1. The molecule has 7 heteroatoms. The van der Waals surface area contributed by atoms with Crippen LogP contribution in [-0.2, 0) is 16.4 Å². The second-order valence-electron chi connectivity index (χ2n) is 4.52. The van der Waals surface area contributed by atoms with Crippen LogP contribution in [0.4, 0.5) is 0 Å². The van der Waals surface area contributed by atoms with Crippen LogP contribution in [0.2, 0.25) is 0 Å². The molecular weight excluding hydrogens is 312 g/mol. The number of thioether (sulfide) groups is 1. The Bertz CT molecular complexity index is 541. The number of nitrogens with one attached hydrogen (secondary N) is 1. The van der Waals surface area contributed by atoms with E-state index in [0.29, 0.717) is 23.2 Å². The molecule has 0 aliphatic rings. The van der Waals surface area contributed by atoms with Crippen LogP contribution in [0, 0.1) is 0 Å². The van der Waals surface area contributed by atoms with Gasteiger partial charge in [-0.05, 0) is 30.4 Å². The van der Waals surface area contributed by atoms with Gasteiger partial charge < -0.3 is 5.73 Å². The van der Waals surface area contributed by atoms with Gasteiger partial charge in [-0.25, -0.2) is 13.1 Å². The summed E-state index contributed by atoms with van der Waals surface area (Å²) in [5.74, 6) is 0. The van der Waals surface area contributed by atoms with Gasteiger partial charge >= 0.3 is 0 Å². The van der Waals surface area contributed by atoms with E-state index in [1.807, 2.05) is 6.26 Å². The highest BCUT2D eigenvalue weighted by atomic mass is 32.2. The molecule has 0 aliphatic carbocycles. The fourth-order valence-electron chi connectivity index (χ4n) is 1.59. The Morgan fingerprint density at radius 2 is 2.00 bits per heavy atom. The maximum atomic E-state index is 12.1. The second kappa shape index (κ2) is 7.97. The quantitative estimate of drug-likeness (QED) is 0.712. The van der Waals surface area contributed by atoms with E-state index in [4.69, 9.17) is 18.0 Å². The van der Waals surface area contributed by atoms with Crippen LogP contribution in [0.1, 0.15) is 18.9 Å². The highest BCUT2D eigenvalue weighted by molar-refractivity contribution is 7.99. The van der Waals surface area contributed by atoms with E-state index in [0.717, 1.165) is 12.0 Å². The molecule has 112 valence electrons. The van der Waals surface area contributed by atoms with Gasteiger partial charge in [0.1, 0.15) is 0 Å². The first-order valence-electron chi connectivity index (χ1n) is 6.25. The van der Waals surface area contributed by atoms with E-state index in [-0.39, 0.29) is 4.90 Å². The molecule has 1 rings (SSSR count). The highest BCUT2D eigenvalue weighted by Gasteiger charge is 2.13. The van der Waals surface area contributed by atoms with Crippen molar-refractivity contribution in [1.29, 1.82) is 0 Å². The summed E-state index contributed by atoms with van der Waals surface area (Å²) in [7, 11) is -3.43. The van der Waals surface area contributed by atoms with Crippen molar-refractivity contribution in [2.75, 3.05) is 12.8 Å². The molecule has 1 atom stereocenters. The predicted molar refractivity (Wildman–Crippen MR) is 89.7 cm³/mol. The van der Waals surface area contributed by atoms with Crippen LogP contribution >= 0.6 is 24.0 Å².